The van der Waals surface area contributed by atoms with E-state index in [0.29, 0.717) is 6.04 Å². The van der Waals surface area contributed by atoms with E-state index in [1.807, 2.05) is 19.2 Å². The smallest absolute Gasteiger partial charge is 0.191 e. The zero-order valence-corrected chi connectivity index (χ0v) is 15.1. The molecule has 0 aromatic heterocycles. The van der Waals surface area contributed by atoms with Gasteiger partial charge < -0.3 is 15.5 Å². The highest BCUT2D eigenvalue weighted by Gasteiger charge is 2.21. The molecule has 128 valence electrons. The molecule has 1 saturated heterocycles. The number of likely N-dealkylation sites (N-methyl/N-ethyl adjacent to an activating group) is 2. The molecule has 0 radical (unpaired) electrons. The summed E-state index contributed by atoms with van der Waals surface area (Å²) >= 11 is 5.90. The molecule has 0 spiro atoms. The number of rotatable bonds is 5. The third-order valence-electron chi connectivity index (χ3n) is 4.33. The highest BCUT2D eigenvalue weighted by molar-refractivity contribution is 6.30. The summed E-state index contributed by atoms with van der Waals surface area (Å²) in [6.07, 6.45) is 0.948. The number of benzene rings is 1. The van der Waals surface area contributed by atoms with E-state index in [4.69, 9.17) is 11.6 Å². The van der Waals surface area contributed by atoms with E-state index < -0.39 is 0 Å². The van der Waals surface area contributed by atoms with Crippen LogP contribution >= 0.6 is 11.6 Å². The minimum Gasteiger partial charge on any atom is -0.356 e. The molecular formula is C17H28ClN5. The zero-order valence-electron chi connectivity index (χ0n) is 14.3. The van der Waals surface area contributed by atoms with Crippen LogP contribution in [-0.4, -0.2) is 75.7 Å². The maximum absolute atomic E-state index is 5.90. The standard InChI is InChI=1S/C17H28ClN5/c1-19-17(20-9-8-14-4-6-15(18)7-5-14)21-12-16-13-22(2)10-11-23(16)3/h4-7,16H,8-13H2,1-3H3,(H2,19,20,21). The molecule has 1 aliphatic rings. The van der Waals surface area contributed by atoms with Gasteiger partial charge >= 0.3 is 0 Å². The number of nitrogens with zero attached hydrogens (tertiary/aromatic N) is 3. The maximum Gasteiger partial charge on any atom is 0.191 e. The van der Waals surface area contributed by atoms with Gasteiger partial charge in [0.2, 0.25) is 0 Å². The molecular weight excluding hydrogens is 310 g/mol. The largest absolute Gasteiger partial charge is 0.356 e. The molecule has 1 aromatic carbocycles. The molecule has 1 unspecified atom stereocenters. The number of halogens is 1. The monoisotopic (exact) mass is 337 g/mol. The Morgan fingerprint density at radius 2 is 1.96 bits per heavy atom. The number of hydrogen-bond acceptors (Lipinski definition) is 3. The van der Waals surface area contributed by atoms with Crippen LogP contribution in [0, 0.1) is 0 Å². The summed E-state index contributed by atoms with van der Waals surface area (Å²) < 4.78 is 0. The predicted octanol–water partition coefficient (Wildman–Crippen LogP) is 1.29. The summed E-state index contributed by atoms with van der Waals surface area (Å²) in [6, 6.07) is 8.50. The Labute approximate surface area is 144 Å². The topological polar surface area (TPSA) is 42.9 Å². The lowest BCUT2D eigenvalue weighted by Crippen LogP contribution is -2.55. The van der Waals surface area contributed by atoms with E-state index >= 15 is 0 Å². The van der Waals surface area contributed by atoms with Crippen molar-refractivity contribution in [3.05, 3.63) is 34.9 Å². The molecule has 1 aliphatic heterocycles. The van der Waals surface area contributed by atoms with Gasteiger partial charge in [-0.15, -0.1) is 0 Å². The molecule has 0 aliphatic carbocycles. The van der Waals surface area contributed by atoms with Gasteiger partial charge in [-0.1, -0.05) is 23.7 Å². The van der Waals surface area contributed by atoms with Gasteiger partial charge in [-0.3, -0.25) is 9.89 Å². The van der Waals surface area contributed by atoms with Crippen LogP contribution in [0.5, 0.6) is 0 Å². The van der Waals surface area contributed by atoms with Gasteiger partial charge in [-0.05, 0) is 38.2 Å². The van der Waals surface area contributed by atoms with Crippen molar-refractivity contribution in [2.45, 2.75) is 12.5 Å². The van der Waals surface area contributed by atoms with Crippen molar-refractivity contribution in [3.63, 3.8) is 0 Å². The quantitative estimate of drug-likeness (QED) is 0.628. The van der Waals surface area contributed by atoms with Crippen LogP contribution in [0.2, 0.25) is 5.02 Å². The summed E-state index contributed by atoms with van der Waals surface area (Å²) in [5.74, 6) is 0.862. The summed E-state index contributed by atoms with van der Waals surface area (Å²) in [5.41, 5.74) is 1.27. The fourth-order valence-electron chi connectivity index (χ4n) is 2.73. The number of aliphatic imine (C=N–C) groups is 1. The third-order valence-corrected chi connectivity index (χ3v) is 4.58. The Hall–Kier alpha value is -1.30. The van der Waals surface area contributed by atoms with Gasteiger partial charge in [0.05, 0.1) is 0 Å². The molecule has 0 bridgehead atoms. The van der Waals surface area contributed by atoms with Gasteiger partial charge in [-0.25, -0.2) is 0 Å². The summed E-state index contributed by atoms with van der Waals surface area (Å²) in [6.45, 7) is 5.10. The Morgan fingerprint density at radius 1 is 1.22 bits per heavy atom. The Morgan fingerprint density at radius 3 is 2.65 bits per heavy atom. The highest BCUT2D eigenvalue weighted by Crippen LogP contribution is 2.09. The van der Waals surface area contributed by atoms with Crippen molar-refractivity contribution >= 4 is 17.6 Å². The van der Waals surface area contributed by atoms with Crippen LogP contribution in [0.4, 0.5) is 0 Å². The fraction of sp³-hybridized carbons (Fsp3) is 0.588. The predicted molar refractivity (Wildman–Crippen MR) is 98.4 cm³/mol. The van der Waals surface area contributed by atoms with E-state index in [9.17, 15) is 0 Å². The summed E-state index contributed by atoms with van der Waals surface area (Å²) in [7, 11) is 6.18. The van der Waals surface area contributed by atoms with Gasteiger partial charge in [0.15, 0.2) is 5.96 Å². The van der Waals surface area contributed by atoms with Crippen LogP contribution in [0.25, 0.3) is 0 Å². The first-order valence-corrected chi connectivity index (χ1v) is 8.54. The van der Waals surface area contributed by atoms with Crippen molar-refractivity contribution in [2.75, 3.05) is 53.9 Å². The number of guanidine groups is 1. The molecule has 0 saturated carbocycles. The molecule has 23 heavy (non-hydrogen) atoms. The van der Waals surface area contributed by atoms with E-state index in [-0.39, 0.29) is 0 Å². The third kappa shape index (κ3) is 6.01. The second-order valence-electron chi connectivity index (χ2n) is 6.15. The average molecular weight is 338 g/mol. The lowest BCUT2D eigenvalue weighted by atomic mass is 10.1. The average Bonchev–Trinajstić information content (AvgIpc) is 2.55. The van der Waals surface area contributed by atoms with Crippen molar-refractivity contribution in [1.29, 1.82) is 0 Å². The Bertz CT molecular complexity index is 502. The van der Waals surface area contributed by atoms with Gasteiger partial charge in [0.1, 0.15) is 0 Å². The zero-order chi connectivity index (χ0) is 16.7. The van der Waals surface area contributed by atoms with Crippen molar-refractivity contribution < 1.29 is 0 Å². The summed E-state index contributed by atoms with van der Waals surface area (Å²) in [4.78, 5) is 9.09. The second-order valence-corrected chi connectivity index (χ2v) is 6.59. The molecule has 1 aromatic rings. The molecule has 2 rings (SSSR count). The van der Waals surface area contributed by atoms with Crippen molar-refractivity contribution in [1.82, 2.24) is 20.4 Å². The molecule has 5 nitrogen and oxygen atoms in total. The SMILES string of the molecule is CN=C(NCCc1ccc(Cl)cc1)NCC1CN(C)CCN1C. The molecule has 6 heteroatoms. The van der Waals surface area contributed by atoms with E-state index in [2.05, 4.69) is 51.7 Å². The Balaban J connectivity index is 1.71. The van der Waals surface area contributed by atoms with Crippen LogP contribution < -0.4 is 10.6 Å². The van der Waals surface area contributed by atoms with Crippen LogP contribution in [0.3, 0.4) is 0 Å². The lowest BCUT2D eigenvalue weighted by molar-refractivity contribution is 0.116. The molecule has 1 heterocycles. The van der Waals surface area contributed by atoms with Crippen LogP contribution in [0.1, 0.15) is 5.56 Å². The maximum atomic E-state index is 5.90. The Kier molecular flexibility index (Phi) is 7.15. The van der Waals surface area contributed by atoms with Gasteiger partial charge in [0.25, 0.3) is 0 Å². The van der Waals surface area contributed by atoms with Crippen molar-refractivity contribution in [2.24, 2.45) is 4.99 Å². The van der Waals surface area contributed by atoms with E-state index in [0.717, 1.165) is 50.1 Å². The van der Waals surface area contributed by atoms with Crippen LogP contribution in [0.15, 0.2) is 29.3 Å². The van der Waals surface area contributed by atoms with E-state index in [1.54, 1.807) is 0 Å². The first kappa shape index (κ1) is 18.0. The highest BCUT2D eigenvalue weighted by atomic mass is 35.5. The van der Waals surface area contributed by atoms with Crippen molar-refractivity contribution in [3.8, 4) is 0 Å². The minimum absolute atomic E-state index is 0.517. The second kappa shape index (κ2) is 9.11. The molecule has 1 atom stereocenters. The fourth-order valence-corrected chi connectivity index (χ4v) is 2.86. The molecule has 0 amide bonds. The van der Waals surface area contributed by atoms with Gasteiger partial charge in [0, 0.05) is 50.8 Å². The number of nitrogens with one attached hydrogen (secondary N) is 2. The first-order chi connectivity index (χ1) is 11.1. The minimum atomic E-state index is 0.517. The lowest BCUT2D eigenvalue weighted by Gasteiger charge is -2.37. The normalized spacial score (nSPS) is 20.5. The number of hydrogen-bond donors (Lipinski definition) is 2. The first-order valence-electron chi connectivity index (χ1n) is 8.16. The molecule has 1 fully saturated rings. The summed E-state index contributed by atoms with van der Waals surface area (Å²) in [5, 5.41) is 7.59. The van der Waals surface area contributed by atoms with Gasteiger partial charge in [-0.2, -0.15) is 0 Å². The molecule has 2 N–H and O–H groups in total. The van der Waals surface area contributed by atoms with E-state index in [1.165, 1.54) is 5.56 Å². The van der Waals surface area contributed by atoms with Crippen LogP contribution in [-0.2, 0) is 6.42 Å². The number of piperazine rings is 1.